The van der Waals surface area contributed by atoms with Crippen molar-refractivity contribution in [2.75, 3.05) is 46.2 Å². The van der Waals surface area contributed by atoms with Crippen molar-refractivity contribution in [3.8, 4) is 0 Å². The number of aliphatic hydroxyl groups excluding tert-OH is 21. The van der Waals surface area contributed by atoms with E-state index in [0.717, 1.165) is 70.6 Å². The molecule has 6 aliphatic rings. The molecule has 110 heavy (non-hydrogen) atoms. The number of hydrogen-bond acceptors (Lipinski definition) is 34. The molecule has 0 aliphatic carbocycles. The molecule has 35 nitrogen and oxygen atoms in total. The smallest absolute Gasteiger partial charge is 0.249 e. The first-order chi connectivity index (χ1) is 52.9. The number of carbonyl (C=O) groups is 1. The zero-order chi connectivity index (χ0) is 80.4. The molecule has 6 rings (SSSR count). The van der Waals surface area contributed by atoms with Gasteiger partial charge in [-0.2, -0.15) is 0 Å². The highest BCUT2D eigenvalue weighted by atomic mass is 16.8. The highest BCUT2D eigenvalue weighted by molar-refractivity contribution is 5.80. The fourth-order valence-corrected chi connectivity index (χ4v) is 15.0. The van der Waals surface area contributed by atoms with Crippen LogP contribution in [0.2, 0.25) is 0 Å². The molecule has 0 aromatic heterocycles. The highest BCUT2D eigenvalue weighted by Crippen LogP contribution is 2.40. The SMILES string of the molecule is CCCCCCCCCCCCCCCCCCCCCC[C@@H](O)C(=O)N[C@@H](CO[C@@H]1O[C@H](CO[C@H]2OC[C@H](O)[C@H](O)[C@H]2O[C@H]2O[C@H](CO)[C@H](O)[C@H](O[C@@H]3O[C@@H]([C@@H](O)CO)[C@H](O[C@H]4O[C@@H]([C@@H](O)CO)[C@H](O)[C@H]4O)[C@H]3O[C@H]3O[C@@H]([C@H](O)CO)[C@H](O)[C@H]3O)[C@H]2O)[C@@H](O)[C@H](O)[C@H]1O)[C@H](O)[C@H](O)CCCCCCCCCCCC. The molecule has 6 aliphatic heterocycles. The summed E-state index contributed by atoms with van der Waals surface area (Å²) in [4.78, 5) is 13.7. The Hall–Kier alpha value is -1.85. The Morgan fingerprint density at radius 2 is 0.773 bits per heavy atom. The summed E-state index contributed by atoms with van der Waals surface area (Å²) in [7, 11) is 0. The maximum absolute atomic E-state index is 13.7. The molecule has 0 saturated carbocycles. The summed E-state index contributed by atoms with van der Waals surface area (Å²) in [6.45, 7) is -1.87. The molecule has 0 unspecified atom stereocenters. The van der Waals surface area contributed by atoms with Gasteiger partial charge in [-0.05, 0) is 12.8 Å². The van der Waals surface area contributed by atoms with Gasteiger partial charge in [0.25, 0.3) is 0 Å². The predicted octanol–water partition coefficient (Wildman–Crippen LogP) is -2.35. The number of unbranched alkanes of at least 4 members (excludes halogenated alkanes) is 28. The number of amides is 1. The van der Waals surface area contributed by atoms with E-state index in [2.05, 4.69) is 19.2 Å². The van der Waals surface area contributed by atoms with Crippen molar-refractivity contribution in [1.82, 2.24) is 5.32 Å². The van der Waals surface area contributed by atoms with E-state index in [-0.39, 0.29) is 12.8 Å². The van der Waals surface area contributed by atoms with Gasteiger partial charge < -0.3 is 169 Å². The number of carbonyl (C=O) groups excluding carboxylic acids is 1. The number of nitrogens with one attached hydrogen (secondary N) is 1. The van der Waals surface area contributed by atoms with Gasteiger partial charge in [-0.3, -0.25) is 4.79 Å². The summed E-state index contributed by atoms with van der Waals surface area (Å²) in [5.41, 5.74) is 0. The summed E-state index contributed by atoms with van der Waals surface area (Å²) < 4.78 is 70.6. The van der Waals surface area contributed by atoms with Crippen molar-refractivity contribution in [3.05, 3.63) is 0 Å². The Bertz CT molecular complexity index is 2390. The van der Waals surface area contributed by atoms with E-state index < -0.39 is 255 Å². The molecule has 0 aromatic carbocycles. The van der Waals surface area contributed by atoms with Gasteiger partial charge in [0, 0.05) is 0 Å². The third-order valence-electron chi connectivity index (χ3n) is 22.0. The molecule has 6 heterocycles. The van der Waals surface area contributed by atoms with E-state index in [1.165, 1.54) is 109 Å². The molecule has 1 amide bonds. The lowest BCUT2D eigenvalue weighted by Crippen LogP contribution is -2.64. The van der Waals surface area contributed by atoms with Gasteiger partial charge in [0.1, 0.15) is 153 Å². The molecular formula is C75H139NO34. The van der Waals surface area contributed by atoms with Crippen molar-refractivity contribution >= 4 is 5.91 Å². The van der Waals surface area contributed by atoms with Crippen LogP contribution in [0.25, 0.3) is 0 Å². The van der Waals surface area contributed by atoms with E-state index in [1.807, 2.05) is 0 Å². The van der Waals surface area contributed by atoms with Crippen LogP contribution in [0.5, 0.6) is 0 Å². The topological polar surface area (TPSA) is 565 Å². The second-order valence-electron chi connectivity index (χ2n) is 30.8. The minimum atomic E-state index is -2.30. The second-order valence-corrected chi connectivity index (χ2v) is 30.8. The normalized spacial score (nSPS) is 36.2. The number of aliphatic hydroxyl groups is 21. The summed E-state index contributed by atoms with van der Waals surface area (Å²) in [5, 5.41) is 232. The van der Waals surface area contributed by atoms with Crippen molar-refractivity contribution < 1.29 is 169 Å². The van der Waals surface area contributed by atoms with Crippen LogP contribution < -0.4 is 5.32 Å². The third kappa shape index (κ3) is 29.6. The monoisotopic (exact) mass is 1600 g/mol. The molecule has 0 bridgehead atoms. The van der Waals surface area contributed by atoms with Crippen LogP contribution in [0.4, 0.5) is 0 Å². The minimum Gasteiger partial charge on any atom is -0.394 e. The first kappa shape index (κ1) is 97.0. The Kier molecular flexibility index (Phi) is 46.0. The zero-order valence-electron chi connectivity index (χ0n) is 64.3. The fourth-order valence-electron chi connectivity index (χ4n) is 15.0. The van der Waals surface area contributed by atoms with Crippen LogP contribution in [0.15, 0.2) is 0 Å². The standard InChI is InChI=1S/C75H139NO34/c1-3-5-7-9-11-13-15-16-17-18-19-20-21-22-23-24-26-28-30-32-34-44(82)69(98)76-42(51(87)43(81)33-31-29-27-25-14-12-10-8-6-4-2)39-99-70-58(94)55(91)53(89)50(103-70)41-101-74-66(52(88)48(86)40-100-74)108-73-61(97)65(54(90)49(38-80)102-73)107-75-68(110-72-60(96)57(93)63(105-72)46(84)36-78)67(64(106-75)47(85)37-79)109-71-59(95)56(92)62(104-71)45(83)35-77/h42-68,70-75,77-97H,3-41H2,1-2H3,(H,76,98)/t42-,43+,44+,45-,46+,47-,48-,49+,50+,51-,52-,53+,54-,55-,56+,57+,58+,59+,60+,61+,62-,63-,64-,65-,66+,67-,68+,70+,71+,72+,73+,74+,75-/m0/s1. The summed E-state index contributed by atoms with van der Waals surface area (Å²) in [5.74, 6) is -0.858. The van der Waals surface area contributed by atoms with Crippen LogP contribution in [-0.2, 0) is 61.6 Å². The van der Waals surface area contributed by atoms with Gasteiger partial charge in [-0.15, -0.1) is 0 Å². The van der Waals surface area contributed by atoms with Crippen LogP contribution in [0.1, 0.15) is 219 Å². The van der Waals surface area contributed by atoms with Gasteiger partial charge in [-0.1, -0.05) is 206 Å². The largest absolute Gasteiger partial charge is 0.394 e. The van der Waals surface area contributed by atoms with E-state index in [1.54, 1.807) is 0 Å². The maximum atomic E-state index is 13.7. The molecule has 648 valence electrons. The summed E-state index contributed by atoms with van der Waals surface area (Å²) >= 11 is 0. The number of rotatable bonds is 57. The minimum absolute atomic E-state index is 0.109. The lowest BCUT2D eigenvalue weighted by Gasteiger charge is -2.46. The fraction of sp³-hybridized carbons (Fsp3) is 0.987. The molecule has 22 N–H and O–H groups in total. The van der Waals surface area contributed by atoms with E-state index in [0.29, 0.717) is 12.8 Å². The van der Waals surface area contributed by atoms with E-state index in [9.17, 15) is 112 Å². The summed E-state index contributed by atoms with van der Waals surface area (Å²) in [6, 6.07) is -1.43. The Balaban J connectivity index is 1.08. The van der Waals surface area contributed by atoms with Gasteiger partial charge in [0.15, 0.2) is 37.7 Å². The van der Waals surface area contributed by atoms with Gasteiger partial charge >= 0.3 is 0 Å². The molecule has 33 atom stereocenters. The van der Waals surface area contributed by atoms with Crippen LogP contribution in [0, 0.1) is 0 Å². The molecule has 6 fully saturated rings. The van der Waals surface area contributed by atoms with E-state index >= 15 is 0 Å². The van der Waals surface area contributed by atoms with Crippen LogP contribution in [-0.4, -0.2) is 362 Å². The second kappa shape index (κ2) is 52.2. The highest BCUT2D eigenvalue weighted by Gasteiger charge is 2.60. The molecule has 0 radical (unpaired) electrons. The first-order valence-electron chi connectivity index (χ1n) is 40.9. The van der Waals surface area contributed by atoms with E-state index in [4.69, 9.17) is 56.8 Å². The molecular weight excluding hydrogens is 1460 g/mol. The quantitative estimate of drug-likeness (QED) is 0.0284. The average Bonchev–Trinajstić information content (AvgIpc) is 1.54. The maximum Gasteiger partial charge on any atom is 0.249 e. The predicted molar refractivity (Wildman–Crippen MR) is 386 cm³/mol. The molecule has 35 heteroatoms. The Morgan fingerprint density at radius 1 is 0.373 bits per heavy atom. The lowest BCUT2D eigenvalue weighted by atomic mass is 9.98. The molecule has 0 aromatic rings. The lowest BCUT2D eigenvalue weighted by molar-refractivity contribution is -0.374. The third-order valence-corrected chi connectivity index (χ3v) is 22.0. The van der Waals surface area contributed by atoms with Gasteiger partial charge in [0.05, 0.1) is 58.4 Å². The van der Waals surface area contributed by atoms with Gasteiger partial charge in [-0.25, -0.2) is 0 Å². The number of ether oxygens (including phenoxy) is 12. The first-order valence-corrected chi connectivity index (χ1v) is 40.9. The molecule has 6 saturated heterocycles. The Morgan fingerprint density at radius 3 is 1.25 bits per heavy atom. The molecule has 0 spiro atoms. The van der Waals surface area contributed by atoms with Crippen molar-refractivity contribution in [2.45, 2.75) is 422 Å². The Labute approximate surface area is 645 Å². The van der Waals surface area contributed by atoms with Crippen LogP contribution >= 0.6 is 0 Å². The van der Waals surface area contributed by atoms with Crippen molar-refractivity contribution in [2.24, 2.45) is 0 Å². The van der Waals surface area contributed by atoms with Gasteiger partial charge in [0.2, 0.25) is 5.91 Å². The van der Waals surface area contributed by atoms with Crippen molar-refractivity contribution in [3.63, 3.8) is 0 Å². The average molecular weight is 1600 g/mol. The van der Waals surface area contributed by atoms with Crippen LogP contribution in [0.3, 0.4) is 0 Å². The number of hydrogen-bond donors (Lipinski definition) is 22. The summed E-state index contributed by atoms with van der Waals surface area (Å²) in [6.07, 6.45) is -26.9. The van der Waals surface area contributed by atoms with Crippen molar-refractivity contribution in [1.29, 1.82) is 0 Å². The zero-order valence-corrected chi connectivity index (χ0v) is 64.3.